The third kappa shape index (κ3) is 1.44. The molecule has 5 atom stereocenters. The molecule has 5 unspecified atom stereocenters. The highest BCUT2D eigenvalue weighted by Gasteiger charge is 2.79. The molecule has 0 radical (unpaired) electrons. The summed E-state index contributed by atoms with van der Waals surface area (Å²) in [6.07, 6.45) is 9.09. The first-order chi connectivity index (χ1) is 9.02. The van der Waals surface area contributed by atoms with Crippen molar-refractivity contribution in [1.29, 1.82) is 0 Å². The van der Waals surface area contributed by atoms with Crippen molar-refractivity contribution in [2.75, 3.05) is 13.6 Å². The van der Waals surface area contributed by atoms with E-state index in [0.717, 1.165) is 11.3 Å². The number of rotatable bonds is 2. The predicted molar refractivity (Wildman–Crippen MR) is 84.7 cm³/mol. The lowest BCUT2D eigenvalue weighted by Crippen LogP contribution is -2.52. The zero-order chi connectivity index (χ0) is 14.6. The molecule has 0 aliphatic heterocycles. The zero-order valence-electron chi connectivity index (χ0n) is 14.5. The van der Waals surface area contributed by atoms with Crippen LogP contribution in [0, 0.1) is 27.6 Å². The van der Waals surface area contributed by atoms with Gasteiger partial charge in [-0.25, -0.2) is 0 Å². The summed E-state index contributed by atoms with van der Waals surface area (Å²) in [7, 11) is 2.43. The first-order valence-corrected chi connectivity index (χ1v) is 8.73. The van der Waals surface area contributed by atoms with Crippen LogP contribution in [0.3, 0.4) is 0 Å². The van der Waals surface area contributed by atoms with Crippen molar-refractivity contribution < 1.29 is 0 Å². The fourth-order valence-corrected chi connectivity index (χ4v) is 7.74. The molecule has 1 spiro atoms. The van der Waals surface area contributed by atoms with E-state index in [-0.39, 0.29) is 0 Å². The molecule has 0 aromatic heterocycles. The van der Waals surface area contributed by atoms with Crippen LogP contribution in [-0.2, 0) is 0 Å². The summed E-state index contributed by atoms with van der Waals surface area (Å²) in [5.41, 5.74) is 3.02. The summed E-state index contributed by atoms with van der Waals surface area (Å²) in [5, 5.41) is 0. The number of fused-ring (bicyclic) bond motifs is 2. The SMILES string of the molecule is CN(CC(C)(C)C)C12CC3(C)CC4CC(C)(C1)C4(C3)C2. The van der Waals surface area contributed by atoms with Gasteiger partial charge in [-0.2, -0.15) is 0 Å². The molecule has 0 amide bonds. The van der Waals surface area contributed by atoms with Crippen LogP contribution >= 0.6 is 0 Å². The Morgan fingerprint density at radius 1 is 1.00 bits per heavy atom. The number of hydrogen-bond acceptors (Lipinski definition) is 1. The average molecular weight is 275 g/mol. The molecule has 4 fully saturated rings. The molecule has 0 heterocycles. The lowest BCUT2D eigenvalue weighted by molar-refractivity contribution is -0.0875. The molecule has 114 valence electrons. The normalized spacial score (nSPS) is 56.2. The molecule has 0 N–H and O–H groups in total. The number of hydrogen-bond donors (Lipinski definition) is 0. The van der Waals surface area contributed by atoms with Crippen molar-refractivity contribution in [1.82, 2.24) is 4.90 Å². The third-order valence-electron chi connectivity index (χ3n) is 7.80. The van der Waals surface area contributed by atoms with Crippen LogP contribution in [0.25, 0.3) is 0 Å². The molecule has 1 nitrogen and oxygen atoms in total. The minimum atomic E-state index is 0.417. The summed E-state index contributed by atoms with van der Waals surface area (Å²) < 4.78 is 0. The van der Waals surface area contributed by atoms with Crippen LogP contribution in [0.4, 0.5) is 0 Å². The molecule has 1 heteroatoms. The summed E-state index contributed by atoms with van der Waals surface area (Å²) >= 11 is 0. The summed E-state index contributed by atoms with van der Waals surface area (Å²) in [5.74, 6) is 1.07. The summed E-state index contributed by atoms with van der Waals surface area (Å²) in [4.78, 5) is 2.79. The highest BCUT2D eigenvalue weighted by molar-refractivity contribution is 5.30. The van der Waals surface area contributed by atoms with Crippen LogP contribution in [-0.4, -0.2) is 24.0 Å². The van der Waals surface area contributed by atoms with Gasteiger partial charge in [-0.15, -0.1) is 0 Å². The fourth-order valence-electron chi connectivity index (χ4n) is 7.74. The van der Waals surface area contributed by atoms with Crippen LogP contribution in [0.1, 0.15) is 73.1 Å². The van der Waals surface area contributed by atoms with E-state index in [0.29, 0.717) is 21.8 Å². The molecule has 0 aromatic carbocycles. The van der Waals surface area contributed by atoms with Crippen LogP contribution in [0.5, 0.6) is 0 Å². The number of nitrogens with zero attached hydrogens (tertiary/aromatic N) is 1. The van der Waals surface area contributed by atoms with Gasteiger partial charge in [0.2, 0.25) is 0 Å². The molecule has 4 aliphatic rings. The molecule has 4 saturated carbocycles. The Labute approximate surface area is 125 Å². The summed E-state index contributed by atoms with van der Waals surface area (Å²) in [6, 6.07) is 0. The maximum atomic E-state index is 2.79. The van der Waals surface area contributed by atoms with Crippen LogP contribution in [0.2, 0.25) is 0 Å². The van der Waals surface area contributed by atoms with Gasteiger partial charge in [0.25, 0.3) is 0 Å². The topological polar surface area (TPSA) is 3.24 Å². The second-order valence-electron chi connectivity index (χ2n) is 11.0. The Bertz CT molecular complexity index is 459. The van der Waals surface area contributed by atoms with Crippen LogP contribution < -0.4 is 0 Å². The molecule has 4 rings (SSSR count). The lowest BCUT2D eigenvalue weighted by Gasteiger charge is -2.57. The third-order valence-corrected chi connectivity index (χ3v) is 7.80. The Morgan fingerprint density at radius 3 is 2.35 bits per heavy atom. The first-order valence-electron chi connectivity index (χ1n) is 8.73. The second-order valence-corrected chi connectivity index (χ2v) is 11.0. The second kappa shape index (κ2) is 3.31. The van der Waals surface area contributed by atoms with Crippen molar-refractivity contribution >= 4 is 0 Å². The van der Waals surface area contributed by atoms with Gasteiger partial charge in [0.15, 0.2) is 0 Å². The summed E-state index contributed by atoms with van der Waals surface area (Å²) in [6.45, 7) is 13.7. The Hall–Kier alpha value is -0.0400. The monoisotopic (exact) mass is 275 g/mol. The van der Waals surface area contributed by atoms with E-state index in [1.54, 1.807) is 6.42 Å². The van der Waals surface area contributed by atoms with Crippen molar-refractivity contribution in [3.8, 4) is 0 Å². The van der Waals surface area contributed by atoms with E-state index in [2.05, 4.69) is 46.6 Å². The van der Waals surface area contributed by atoms with Crippen molar-refractivity contribution in [2.24, 2.45) is 27.6 Å². The molecule has 3 bridgehead atoms. The van der Waals surface area contributed by atoms with Gasteiger partial charge >= 0.3 is 0 Å². The van der Waals surface area contributed by atoms with Crippen LogP contribution in [0.15, 0.2) is 0 Å². The quantitative estimate of drug-likeness (QED) is 0.705. The lowest BCUT2D eigenvalue weighted by atomic mass is 9.47. The predicted octanol–water partition coefficient (Wildman–Crippen LogP) is 4.71. The van der Waals surface area contributed by atoms with Crippen molar-refractivity contribution in [3.63, 3.8) is 0 Å². The Kier molecular flexibility index (Phi) is 2.26. The molecule has 0 saturated heterocycles. The highest BCUT2D eigenvalue weighted by atomic mass is 15.2. The Morgan fingerprint density at radius 2 is 1.70 bits per heavy atom. The van der Waals surface area contributed by atoms with Gasteiger partial charge in [-0.05, 0) is 73.2 Å². The first kappa shape index (κ1) is 13.6. The minimum absolute atomic E-state index is 0.417. The standard InChI is InChI=1S/C19H33N/c1-15(2,3)13-20(6)18-9-16(4)7-14-8-17(5,11-18)19(14,10-16)12-18/h14H,7-13H2,1-6H3. The minimum Gasteiger partial charge on any atom is -0.300 e. The largest absolute Gasteiger partial charge is 0.300 e. The molecule has 20 heavy (non-hydrogen) atoms. The van der Waals surface area contributed by atoms with Gasteiger partial charge < -0.3 is 4.90 Å². The zero-order valence-corrected chi connectivity index (χ0v) is 14.5. The van der Waals surface area contributed by atoms with Gasteiger partial charge in [0, 0.05) is 12.1 Å². The molecular weight excluding hydrogens is 242 g/mol. The molecule has 0 aromatic rings. The van der Waals surface area contributed by atoms with E-state index in [1.165, 1.54) is 38.6 Å². The Balaban J connectivity index is 1.71. The fraction of sp³-hybridized carbons (Fsp3) is 1.00. The smallest absolute Gasteiger partial charge is 0.0223 e. The highest BCUT2D eigenvalue weighted by Crippen LogP contribution is 2.85. The average Bonchev–Trinajstić information content (AvgIpc) is 2.49. The van der Waals surface area contributed by atoms with Gasteiger partial charge in [0.05, 0.1) is 0 Å². The van der Waals surface area contributed by atoms with Gasteiger partial charge in [-0.3, -0.25) is 0 Å². The van der Waals surface area contributed by atoms with Gasteiger partial charge in [0.1, 0.15) is 0 Å². The van der Waals surface area contributed by atoms with Gasteiger partial charge in [-0.1, -0.05) is 34.6 Å². The van der Waals surface area contributed by atoms with E-state index in [1.807, 2.05) is 0 Å². The van der Waals surface area contributed by atoms with Crippen molar-refractivity contribution in [2.45, 2.75) is 78.7 Å². The maximum absolute atomic E-state index is 2.79. The van der Waals surface area contributed by atoms with E-state index in [4.69, 9.17) is 0 Å². The molecule has 4 aliphatic carbocycles. The van der Waals surface area contributed by atoms with E-state index >= 15 is 0 Å². The maximum Gasteiger partial charge on any atom is 0.0223 e. The van der Waals surface area contributed by atoms with E-state index in [9.17, 15) is 0 Å². The van der Waals surface area contributed by atoms with E-state index < -0.39 is 0 Å². The molecular formula is C19H33N. The van der Waals surface area contributed by atoms with Crippen molar-refractivity contribution in [3.05, 3.63) is 0 Å².